The predicted molar refractivity (Wildman–Crippen MR) is 195 cm³/mol. The van der Waals surface area contributed by atoms with Crippen LogP contribution in [-0.2, 0) is 14.9 Å². The molecule has 7 rings (SSSR count). The van der Waals surface area contributed by atoms with Gasteiger partial charge in [-0.1, -0.05) is 143 Å². The van der Waals surface area contributed by atoms with Gasteiger partial charge in [-0.25, -0.2) is 0 Å². The quantitative estimate of drug-likeness (QED) is 0.161. The molecule has 1 aliphatic carbocycles. The summed E-state index contributed by atoms with van der Waals surface area (Å²) in [7, 11) is 0. The highest BCUT2D eigenvalue weighted by Crippen LogP contribution is 2.47. The molecule has 4 heteroatoms. The molecule has 4 aromatic carbocycles. The van der Waals surface area contributed by atoms with Gasteiger partial charge in [0.1, 0.15) is 36.9 Å². The first-order chi connectivity index (χ1) is 23.8. The van der Waals surface area contributed by atoms with Crippen molar-refractivity contribution in [2.75, 3.05) is 26.4 Å². The van der Waals surface area contributed by atoms with Gasteiger partial charge in [0.15, 0.2) is 0 Å². The maximum atomic E-state index is 6.43. The Bertz CT molecular complexity index is 1460. The molecule has 0 bridgehead atoms. The van der Waals surface area contributed by atoms with Crippen LogP contribution in [0.15, 0.2) is 97.1 Å². The van der Waals surface area contributed by atoms with Crippen molar-refractivity contribution >= 4 is 0 Å². The minimum atomic E-state index is -0.132. The molecule has 2 atom stereocenters. The molecule has 0 N–H and O–H groups in total. The van der Waals surface area contributed by atoms with Gasteiger partial charge in [0.2, 0.25) is 0 Å². The van der Waals surface area contributed by atoms with E-state index in [1.807, 2.05) is 0 Å². The lowest BCUT2D eigenvalue weighted by atomic mass is 9.67. The molecule has 0 amide bonds. The summed E-state index contributed by atoms with van der Waals surface area (Å²) in [5.74, 6) is 1.88. The van der Waals surface area contributed by atoms with Crippen LogP contribution in [-0.4, -0.2) is 38.6 Å². The Hall–Kier alpha value is -3.60. The van der Waals surface area contributed by atoms with E-state index >= 15 is 0 Å². The lowest BCUT2D eigenvalue weighted by molar-refractivity contribution is 0.263. The second kappa shape index (κ2) is 16.2. The van der Waals surface area contributed by atoms with Gasteiger partial charge in [0.05, 0.1) is 13.2 Å². The first-order valence-corrected chi connectivity index (χ1v) is 18.7. The first-order valence-electron chi connectivity index (χ1n) is 18.7. The van der Waals surface area contributed by atoms with E-state index in [0.29, 0.717) is 13.2 Å². The molecule has 0 radical (unpaired) electrons. The SMILES string of the molecule is c1ccc(-c2cc(C3(c4ccc(OCC5CO5)c(-c5ccccc5)c4)CCCCCCCCCCCCC3)ccc2OCC2CO2)cc1. The van der Waals surface area contributed by atoms with Crippen molar-refractivity contribution in [2.45, 2.75) is 101 Å². The molecule has 2 heterocycles. The topological polar surface area (TPSA) is 43.5 Å². The van der Waals surface area contributed by atoms with Gasteiger partial charge in [0, 0.05) is 16.5 Å². The van der Waals surface area contributed by atoms with E-state index in [2.05, 4.69) is 97.1 Å². The maximum Gasteiger partial charge on any atom is 0.127 e. The molecule has 0 spiro atoms. The van der Waals surface area contributed by atoms with Crippen LogP contribution in [0.25, 0.3) is 22.3 Å². The summed E-state index contributed by atoms with van der Waals surface area (Å²) in [6.45, 7) is 2.77. The van der Waals surface area contributed by atoms with Crippen molar-refractivity contribution in [3.05, 3.63) is 108 Å². The molecule has 4 nitrogen and oxygen atoms in total. The van der Waals surface area contributed by atoms with E-state index in [0.717, 1.165) is 37.6 Å². The fourth-order valence-corrected chi connectivity index (χ4v) is 7.60. The monoisotopic (exact) mass is 644 g/mol. The third-order valence-electron chi connectivity index (χ3n) is 10.6. The Morgan fingerprint density at radius 2 is 0.854 bits per heavy atom. The lowest BCUT2D eigenvalue weighted by Crippen LogP contribution is -2.28. The van der Waals surface area contributed by atoms with E-state index in [4.69, 9.17) is 18.9 Å². The second-order valence-electron chi connectivity index (χ2n) is 14.2. The number of rotatable bonds is 10. The van der Waals surface area contributed by atoms with Crippen LogP contribution in [0.1, 0.15) is 94.6 Å². The molecule has 2 unspecified atom stereocenters. The maximum absolute atomic E-state index is 6.43. The van der Waals surface area contributed by atoms with Crippen molar-refractivity contribution in [3.63, 3.8) is 0 Å². The third kappa shape index (κ3) is 8.51. The zero-order chi connectivity index (χ0) is 32.4. The second-order valence-corrected chi connectivity index (χ2v) is 14.2. The van der Waals surface area contributed by atoms with E-state index in [1.54, 1.807) is 0 Å². The highest BCUT2D eigenvalue weighted by Gasteiger charge is 2.35. The van der Waals surface area contributed by atoms with E-state index in [9.17, 15) is 0 Å². The molecule has 2 aliphatic heterocycles. The molecule has 3 fully saturated rings. The fourth-order valence-electron chi connectivity index (χ4n) is 7.60. The van der Waals surface area contributed by atoms with Crippen molar-refractivity contribution in [3.8, 4) is 33.8 Å². The standard InChI is InChI=1S/C44H52O4/c1-2-4-6-8-16-26-44(27-17-9-7-5-3-1,36-22-24-42(47-32-38-30-45-38)40(28-36)34-18-12-10-13-19-34)37-23-25-43(48-33-39-31-46-39)41(29-37)35-20-14-11-15-21-35/h10-15,18-25,28-29,38-39H,1-9,16-17,26-27,30-33H2. The van der Waals surface area contributed by atoms with Crippen molar-refractivity contribution in [1.29, 1.82) is 0 Å². The number of hydrogen-bond donors (Lipinski definition) is 0. The zero-order valence-corrected chi connectivity index (χ0v) is 28.5. The largest absolute Gasteiger partial charge is 0.490 e. The van der Waals surface area contributed by atoms with Crippen LogP contribution >= 0.6 is 0 Å². The van der Waals surface area contributed by atoms with Gasteiger partial charge in [-0.05, 0) is 59.4 Å². The average molecular weight is 645 g/mol. The van der Waals surface area contributed by atoms with Crippen molar-refractivity contribution in [1.82, 2.24) is 0 Å². The molecule has 0 aromatic heterocycles. The van der Waals surface area contributed by atoms with Gasteiger partial charge in [-0.2, -0.15) is 0 Å². The minimum Gasteiger partial charge on any atom is -0.490 e. The summed E-state index contributed by atoms with van der Waals surface area (Å²) >= 11 is 0. The van der Waals surface area contributed by atoms with Gasteiger partial charge < -0.3 is 18.9 Å². The summed E-state index contributed by atoms with van der Waals surface area (Å²) in [6.07, 6.45) is 17.2. The fraction of sp³-hybridized carbons (Fsp3) is 0.455. The molecule has 4 aromatic rings. The average Bonchev–Trinajstić information content (AvgIpc) is 4.08. The van der Waals surface area contributed by atoms with Gasteiger partial charge in [-0.3, -0.25) is 0 Å². The molecular formula is C44H52O4. The highest BCUT2D eigenvalue weighted by atomic mass is 16.6. The van der Waals surface area contributed by atoms with E-state index in [-0.39, 0.29) is 17.6 Å². The number of ether oxygens (including phenoxy) is 4. The molecular weight excluding hydrogens is 592 g/mol. The third-order valence-corrected chi connectivity index (χ3v) is 10.6. The summed E-state index contributed by atoms with van der Waals surface area (Å²) in [4.78, 5) is 0. The van der Waals surface area contributed by atoms with Gasteiger partial charge >= 0.3 is 0 Å². The number of benzene rings is 4. The summed E-state index contributed by atoms with van der Waals surface area (Å²) in [5, 5.41) is 0. The summed E-state index contributed by atoms with van der Waals surface area (Å²) in [5.41, 5.74) is 7.37. The van der Waals surface area contributed by atoms with E-state index < -0.39 is 0 Å². The lowest BCUT2D eigenvalue weighted by Gasteiger charge is -2.37. The zero-order valence-electron chi connectivity index (χ0n) is 28.5. The number of epoxide rings is 2. The van der Waals surface area contributed by atoms with Gasteiger partial charge in [-0.15, -0.1) is 0 Å². The molecule has 3 aliphatic rings. The van der Waals surface area contributed by atoms with Crippen LogP contribution < -0.4 is 9.47 Å². The van der Waals surface area contributed by atoms with Crippen LogP contribution in [0.2, 0.25) is 0 Å². The number of hydrogen-bond acceptors (Lipinski definition) is 4. The Labute approximate surface area is 287 Å². The van der Waals surface area contributed by atoms with E-state index in [1.165, 1.54) is 104 Å². The highest BCUT2D eigenvalue weighted by molar-refractivity contribution is 5.74. The normalized spacial score (nSPS) is 21.5. The Morgan fingerprint density at radius 3 is 1.23 bits per heavy atom. The molecule has 252 valence electrons. The minimum absolute atomic E-state index is 0.132. The molecule has 48 heavy (non-hydrogen) atoms. The Kier molecular flexibility index (Phi) is 11.1. The Balaban J connectivity index is 1.33. The Morgan fingerprint density at radius 1 is 0.479 bits per heavy atom. The summed E-state index contributed by atoms with van der Waals surface area (Å²) < 4.78 is 23.9. The van der Waals surface area contributed by atoms with Crippen LogP contribution in [0, 0.1) is 0 Å². The van der Waals surface area contributed by atoms with Crippen LogP contribution in [0.3, 0.4) is 0 Å². The van der Waals surface area contributed by atoms with Crippen LogP contribution in [0.5, 0.6) is 11.5 Å². The van der Waals surface area contributed by atoms with Crippen LogP contribution in [0.4, 0.5) is 0 Å². The smallest absolute Gasteiger partial charge is 0.127 e. The molecule has 2 saturated heterocycles. The summed E-state index contributed by atoms with van der Waals surface area (Å²) in [6, 6.07) is 35.7. The van der Waals surface area contributed by atoms with Gasteiger partial charge in [0.25, 0.3) is 0 Å². The first kappa shape index (κ1) is 32.9. The predicted octanol–water partition coefficient (Wildman–Crippen LogP) is 10.9. The van der Waals surface area contributed by atoms with Crippen molar-refractivity contribution in [2.24, 2.45) is 0 Å². The molecule has 1 saturated carbocycles. The van der Waals surface area contributed by atoms with Crippen molar-refractivity contribution < 1.29 is 18.9 Å².